The van der Waals surface area contributed by atoms with Crippen LogP contribution in [0.15, 0.2) is 59.6 Å². The highest BCUT2D eigenvalue weighted by Gasteiger charge is 2.49. The molecule has 2 atom stereocenters. The zero-order valence-corrected chi connectivity index (χ0v) is 15.3. The van der Waals surface area contributed by atoms with Crippen LogP contribution in [0.5, 0.6) is 0 Å². The molecule has 2 aliphatic rings. The van der Waals surface area contributed by atoms with Crippen molar-refractivity contribution in [3.63, 3.8) is 0 Å². The number of benzene rings is 2. The van der Waals surface area contributed by atoms with Crippen molar-refractivity contribution < 1.29 is 4.74 Å². The van der Waals surface area contributed by atoms with Crippen LogP contribution in [0.1, 0.15) is 30.4 Å². The summed E-state index contributed by atoms with van der Waals surface area (Å²) in [6.07, 6.45) is 3.34. The highest BCUT2D eigenvalue weighted by Crippen LogP contribution is 2.51. The molecule has 22 heavy (non-hydrogen) atoms. The molecule has 0 aromatic heterocycles. The largest absolute Gasteiger partial charge is 0.464 e. The Labute approximate surface area is 149 Å². The van der Waals surface area contributed by atoms with Crippen LogP contribution in [-0.4, -0.2) is 10.7 Å². The van der Waals surface area contributed by atoms with E-state index in [2.05, 4.69) is 46.3 Å². The molecule has 0 bridgehead atoms. The van der Waals surface area contributed by atoms with Gasteiger partial charge in [-0.3, -0.25) is 0 Å². The van der Waals surface area contributed by atoms with Gasteiger partial charge in [0.25, 0.3) is 0 Å². The van der Waals surface area contributed by atoms with E-state index in [0.717, 1.165) is 30.0 Å². The maximum Gasteiger partial charge on any atom is 0.222 e. The number of ether oxygens (including phenoxy) is 1. The van der Waals surface area contributed by atoms with E-state index in [4.69, 9.17) is 9.73 Å². The fraction of sp³-hybridized carbons (Fsp3) is 0.278. The normalized spacial score (nSPS) is 25.9. The Morgan fingerprint density at radius 1 is 1.05 bits per heavy atom. The number of fused-ring (bicyclic) bond motifs is 2. The lowest BCUT2D eigenvalue weighted by atomic mass is 9.89. The molecule has 1 heterocycles. The summed E-state index contributed by atoms with van der Waals surface area (Å²) in [5, 5.41) is 0. The van der Waals surface area contributed by atoms with Gasteiger partial charge >= 0.3 is 0 Å². The van der Waals surface area contributed by atoms with E-state index in [1.807, 2.05) is 24.3 Å². The molecule has 0 N–H and O–H groups in total. The Hall–Kier alpha value is -1.13. The Morgan fingerprint density at radius 3 is 2.50 bits per heavy atom. The van der Waals surface area contributed by atoms with Gasteiger partial charge < -0.3 is 4.74 Å². The number of para-hydroxylation sites is 1. The average molecular weight is 423 g/mol. The number of rotatable bonds is 1. The van der Waals surface area contributed by atoms with Crippen molar-refractivity contribution in [1.82, 2.24) is 0 Å². The zero-order chi connectivity index (χ0) is 14.3. The molecule has 0 radical (unpaired) electrons. The van der Waals surface area contributed by atoms with E-state index < -0.39 is 0 Å². The summed E-state index contributed by atoms with van der Waals surface area (Å²) in [6, 6.07) is 18.5. The number of aliphatic imine (C=N–C) groups is 1. The summed E-state index contributed by atoms with van der Waals surface area (Å²) in [6.45, 7) is 0. The van der Waals surface area contributed by atoms with Gasteiger partial charge in [0, 0.05) is 11.1 Å². The Kier molecular flexibility index (Phi) is 4.42. The third kappa shape index (κ3) is 2.42. The minimum Gasteiger partial charge on any atom is -0.464 e. The van der Waals surface area contributed by atoms with Gasteiger partial charge in [0.1, 0.15) is 0 Å². The Bertz CT molecular complexity index is 701. The summed E-state index contributed by atoms with van der Waals surface area (Å²) in [5.41, 5.74) is 3.01. The van der Waals surface area contributed by atoms with Gasteiger partial charge in [-0.1, -0.05) is 52.3 Å². The lowest BCUT2D eigenvalue weighted by Gasteiger charge is -2.38. The molecule has 2 aromatic rings. The molecular formula is C18H17Br2NO. The SMILES string of the molecule is Br.BrC1CCCC12OC(c1ccccc1)=Nc1ccccc12. The Morgan fingerprint density at radius 2 is 1.77 bits per heavy atom. The van der Waals surface area contributed by atoms with Crippen LogP contribution in [0.3, 0.4) is 0 Å². The van der Waals surface area contributed by atoms with E-state index in [1.165, 1.54) is 12.0 Å². The zero-order valence-electron chi connectivity index (χ0n) is 12.0. The first-order valence-electron chi connectivity index (χ1n) is 7.36. The van der Waals surface area contributed by atoms with Crippen LogP contribution < -0.4 is 0 Å². The molecule has 0 saturated heterocycles. The number of alkyl halides is 1. The van der Waals surface area contributed by atoms with Crippen molar-refractivity contribution in [2.75, 3.05) is 0 Å². The number of hydrogen-bond donors (Lipinski definition) is 0. The van der Waals surface area contributed by atoms with Crippen molar-refractivity contribution in [3.8, 4) is 0 Å². The molecule has 4 rings (SSSR count). The summed E-state index contributed by atoms with van der Waals surface area (Å²) >= 11 is 3.85. The summed E-state index contributed by atoms with van der Waals surface area (Å²) < 4.78 is 6.46. The van der Waals surface area contributed by atoms with E-state index >= 15 is 0 Å². The maximum atomic E-state index is 6.46. The third-order valence-electron chi connectivity index (χ3n) is 4.39. The minimum atomic E-state index is -0.274. The first-order chi connectivity index (χ1) is 10.3. The molecule has 0 amide bonds. The molecule has 114 valence electrons. The maximum absolute atomic E-state index is 6.46. The molecule has 2 aromatic carbocycles. The molecular weight excluding hydrogens is 406 g/mol. The number of nitrogens with zero attached hydrogens (tertiary/aromatic N) is 1. The van der Waals surface area contributed by atoms with Crippen LogP contribution in [-0.2, 0) is 10.3 Å². The Balaban J connectivity index is 0.00000144. The topological polar surface area (TPSA) is 21.6 Å². The van der Waals surface area contributed by atoms with E-state index in [-0.39, 0.29) is 22.6 Å². The van der Waals surface area contributed by atoms with Crippen LogP contribution in [0.25, 0.3) is 0 Å². The van der Waals surface area contributed by atoms with Crippen LogP contribution in [0.4, 0.5) is 5.69 Å². The molecule has 1 fully saturated rings. The summed E-state index contributed by atoms with van der Waals surface area (Å²) in [7, 11) is 0. The van der Waals surface area contributed by atoms with Crippen molar-refractivity contribution in [2.24, 2.45) is 4.99 Å². The molecule has 1 spiro atoms. The highest BCUT2D eigenvalue weighted by atomic mass is 79.9. The highest BCUT2D eigenvalue weighted by molar-refractivity contribution is 9.09. The second-order valence-corrected chi connectivity index (χ2v) is 6.76. The van der Waals surface area contributed by atoms with Crippen molar-refractivity contribution in [3.05, 3.63) is 65.7 Å². The van der Waals surface area contributed by atoms with Gasteiger partial charge in [-0.15, -0.1) is 17.0 Å². The standard InChI is InChI=1S/C18H16BrNO.BrH/c19-16-11-6-12-18(16)14-9-4-5-10-15(14)20-17(21-18)13-7-2-1-3-8-13;/h1-5,7-10,16H,6,11-12H2;1H. The van der Waals surface area contributed by atoms with Crippen molar-refractivity contribution in [2.45, 2.75) is 29.7 Å². The van der Waals surface area contributed by atoms with Gasteiger partial charge in [-0.05, 0) is 37.5 Å². The van der Waals surface area contributed by atoms with Gasteiger partial charge in [0.05, 0.1) is 10.5 Å². The first-order valence-corrected chi connectivity index (χ1v) is 8.28. The van der Waals surface area contributed by atoms with Crippen LogP contribution in [0.2, 0.25) is 0 Å². The van der Waals surface area contributed by atoms with E-state index in [9.17, 15) is 0 Å². The number of halogens is 2. The second kappa shape index (κ2) is 6.17. The third-order valence-corrected chi connectivity index (χ3v) is 5.59. The van der Waals surface area contributed by atoms with E-state index in [1.54, 1.807) is 0 Å². The van der Waals surface area contributed by atoms with Crippen LogP contribution in [0, 0.1) is 0 Å². The minimum absolute atomic E-state index is 0. The van der Waals surface area contributed by atoms with Gasteiger partial charge in [-0.25, -0.2) is 4.99 Å². The summed E-state index contributed by atoms with van der Waals surface area (Å²) in [5.74, 6) is 0.737. The van der Waals surface area contributed by atoms with Crippen molar-refractivity contribution >= 4 is 44.5 Å². The van der Waals surface area contributed by atoms with Gasteiger partial charge in [0.15, 0.2) is 5.60 Å². The lowest BCUT2D eigenvalue weighted by molar-refractivity contribution is 0.0645. The predicted octanol–water partition coefficient (Wildman–Crippen LogP) is 5.52. The number of hydrogen-bond acceptors (Lipinski definition) is 2. The van der Waals surface area contributed by atoms with Gasteiger partial charge in [0.2, 0.25) is 5.90 Å². The quantitative estimate of drug-likeness (QED) is 0.554. The molecule has 1 saturated carbocycles. The van der Waals surface area contributed by atoms with E-state index in [0.29, 0.717) is 4.83 Å². The fourth-order valence-corrected chi connectivity index (χ4v) is 4.24. The monoisotopic (exact) mass is 421 g/mol. The molecule has 1 aliphatic heterocycles. The molecule has 1 aliphatic carbocycles. The smallest absolute Gasteiger partial charge is 0.222 e. The molecule has 2 unspecified atom stereocenters. The molecule has 4 heteroatoms. The predicted molar refractivity (Wildman–Crippen MR) is 98.7 cm³/mol. The lowest BCUT2D eigenvalue weighted by Crippen LogP contribution is -2.39. The summed E-state index contributed by atoms with van der Waals surface area (Å²) in [4.78, 5) is 5.08. The molecule has 2 nitrogen and oxygen atoms in total. The van der Waals surface area contributed by atoms with Crippen molar-refractivity contribution in [1.29, 1.82) is 0 Å². The average Bonchev–Trinajstić information content (AvgIpc) is 2.89. The first kappa shape index (κ1) is 15.8. The fourth-order valence-electron chi connectivity index (χ4n) is 3.34. The second-order valence-electron chi connectivity index (χ2n) is 5.65. The van der Waals surface area contributed by atoms with Crippen LogP contribution >= 0.6 is 32.9 Å². The van der Waals surface area contributed by atoms with Gasteiger partial charge in [-0.2, -0.15) is 0 Å².